The van der Waals surface area contributed by atoms with E-state index in [0.29, 0.717) is 5.56 Å². The predicted molar refractivity (Wildman–Crippen MR) is 55.6 cm³/mol. The van der Waals surface area contributed by atoms with Crippen molar-refractivity contribution < 1.29 is 9.13 Å². The number of hydrogen-bond acceptors (Lipinski definition) is 3. The maximum atomic E-state index is 13.2. The molecule has 1 rings (SSSR count). The van der Waals surface area contributed by atoms with Crippen LogP contribution >= 0.6 is 0 Å². The zero-order valence-corrected chi connectivity index (χ0v) is 8.12. The van der Waals surface area contributed by atoms with E-state index in [1.54, 1.807) is 6.07 Å². The fourth-order valence-corrected chi connectivity index (χ4v) is 0.939. The molecule has 4 N–H and O–H groups in total. The van der Waals surface area contributed by atoms with E-state index >= 15 is 0 Å². The molecule has 1 aromatic rings. The number of benzene rings is 1. The molecule has 0 aliphatic rings. The van der Waals surface area contributed by atoms with Crippen LogP contribution in [0.2, 0.25) is 0 Å². The van der Waals surface area contributed by atoms with E-state index in [1.165, 1.54) is 25.5 Å². The highest BCUT2D eigenvalue weighted by Gasteiger charge is 2.01. The maximum Gasteiger partial charge on any atom is 0.206 e. The minimum Gasteiger partial charge on any atom is -0.494 e. The van der Waals surface area contributed by atoms with Crippen molar-refractivity contribution in [2.75, 3.05) is 7.11 Å². The van der Waals surface area contributed by atoms with Crippen molar-refractivity contribution >= 4 is 12.2 Å². The minimum atomic E-state index is -0.468. The average Bonchev–Trinajstić information content (AvgIpc) is 2.17. The van der Waals surface area contributed by atoms with Gasteiger partial charge in [-0.25, -0.2) is 9.82 Å². The molecule has 5 nitrogen and oxygen atoms in total. The van der Waals surface area contributed by atoms with E-state index < -0.39 is 5.82 Å². The lowest BCUT2D eigenvalue weighted by molar-refractivity contribution is 0.386. The number of guanidine groups is 1. The van der Waals surface area contributed by atoms with E-state index in [0.717, 1.165) is 0 Å². The number of rotatable bonds is 3. The van der Waals surface area contributed by atoms with Crippen LogP contribution in [0.15, 0.2) is 23.3 Å². The highest BCUT2D eigenvalue weighted by molar-refractivity contribution is 5.82. The van der Waals surface area contributed by atoms with Gasteiger partial charge in [0.25, 0.3) is 0 Å². The fraction of sp³-hybridized carbons (Fsp3) is 0.111. The molecule has 0 heterocycles. The molecule has 1 aromatic carbocycles. The van der Waals surface area contributed by atoms with Crippen LogP contribution in [0.3, 0.4) is 0 Å². The Labute approximate surface area is 86.2 Å². The molecule has 6 heteroatoms. The topological polar surface area (TPSA) is 83.5 Å². The molecule has 15 heavy (non-hydrogen) atoms. The van der Waals surface area contributed by atoms with Gasteiger partial charge < -0.3 is 10.5 Å². The summed E-state index contributed by atoms with van der Waals surface area (Å²) in [4.78, 5) is 0. The van der Waals surface area contributed by atoms with Gasteiger partial charge in [-0.15, -0.1) is 0 Å². The van der Waals surface area contributed by atoms with Crippen molar-refractivity contribution in [3.05, 3.63) is 29.6 Å². The van der Waals surface area contributed by atoms with Crippen LogP contribution in [-0.4, -0.2) is 19.3 Å². The quantitative estimate of drug-likeness (QED) is 0.389. The molecular formula is C9H11FN4O. The van der Waals surface area contributed by atoms with Crippen molar-refractivity contribution in [3.8, 4) is 5.75 Å². The van der Waals surface area contributed by atoms with Crippen molar-refractivity contribution in [1.29, 1.82) is 5.41 Å². The molecule has 0 atom stereocenters. The predicted octanol–water partition coefficient (Wildman–Crippen LogP) is 0.651. The Morgan fingerprint density at radius 2 is 2.40 bits per heavy atom. The maximum absolute atomic E-state index is 13.2. The van der Waals surface area contributed by atoms with Crippen LogP contribution in [0.5, 0.6) is 5.75 Å². The second kappa shape index (κ2) is 4.94. The van der Waals surface area contributed by atoms with E-state index in [2.05, 4.69) is 10.5 Å². The lowest BCUT2D eigenvalue weighted by atomic mass is 10.2. The smallest absolute Gasteiger partial charge is 0.206 e. The largest absolute Gasteiger partial charge is 0.494 e. The van der Waals surface area contributed by atoms with Gasteiger partial charge in [0.1, 0.15) is 0 Å². The molecule has 0 unspecified atom stereocenters. The monoisotopic (exact) mass is 210 g/mol. The van der Waals surface area contributed by atoms with Crippen molar-refractivity contribution in [2.24, 2.45) is 10.8 Å². The van der Waals surface area contributed by atoms with Crippen LogP contribution in [0.4, 0.5) is 4.39 Å². The van der Waals surface area contributed by atoms with Crippen LogP contribution in [0.1, 0.15) is 5.56 Å². The van der Waals surface area contributed by atoms with Gasteiger partial charge >= 0.3 is 0 Å². The highest BCUT2D eigenvalue weighted by Crippen LogP contribution is 2.16. The molecule has 0 spiro atoms. The van der Waals surface area contributed by atoms with Crippen LogP contribution in [-0.2, 0) is 0 Å². The number of nitrogens with one attached hydrogen (secondary N) is 2. The second-order valence-corrected chi connectivity index (χ2v) is 2.68. The van der Waals surface area contributed by atoms with Gasteiger partial charge in [-0.2, -0.15) is 5.10 Å². The Morgan fingerprint density at radius 1 is 1.67 bits per heavy atom. The summed E-state index contributed by atoms with van der Waals surface area (Å²) in [5, 5.41) is 10.4. The summed E-state index contributed by atoms with van der Waals surface area (Å²) < 4.78 is 17.9. The van der Waals surface area contributed by atoms with Crippen LogP contribution < -0.4 is 15.9 Å². The summed E-state index contributed by atoms with van der Waals surface area (Å²) in [5.74, 6) is -0.573. The summed E-state index contributed by atoms with van der Waals surface area (Å²) in [6, 6.07) is 4.39. The van der Waals surface area contributed by atoms with E-state index in [9.17, 15) is 4.39 Å². The zero-order valence-electron chi connectivity index (χ0n) is 8.12. The zero-order chi connectivity index (χ0) is 11.3. The molecule has 0 saturated carbocycles. The molecule has 0 aliphatic heterocycles. The number of halogens is 1. The van der Waals surface area contributed by atoms with E-state index in [4.69, 9.17) is 15.9 Å². The van der Waals surface area contributed by atoms with Crippen molar-refractivity contribution in [3.63, 3.8) is 0 Å². The lowest BCUT2D eigenvalue weighted by Crippen LogP contribution is -2.25. The van der Waals surface area contributed by atoms with Crippen LogP contribution in [0, 0.1) is 11.2 Å². The van der Waals surface area contributed by atoms with Gasteiger partial charge in [0.2, 0.25) is 5.96 Å². The molecule has 0 saturated heterocycles. The number of ether oxygens (including phenoxy) is 1. The lowest BCUT2D eigenvalue weighted by Gasteiger charge is -2.01. The Hall–Kier alpha value is -2.11. The number of hydrazone groups is 1. The summed E-state index contributed by atoms with van der Waals surface area (Å²) in [7, 11) is 1.39. The van der Waals surface area contributed by atoms with Crippen molar-refractivity contribution in [2.45, 2.75) is 0 Å². The Balaban J connectivity index is 2.75. The van der Waals surface area contributed by atoms with Gasteiger partial charge in [-0.1, -0.05) is 0 Å². The summed E-state index contributed by atoms with van der Waals surface area (Å²) in [5.41, 5.74) is 7.76. The Kier molecular flexibility index (Phi) is 3.61. The first-order valence-corrected chi connectivity index (χ1v) is 4.10. The number of methoxy groups -OCH3 is 1. The molecule has 0 aromatic heterocycles. The van der Waals surface area contributed by atoms with Gasteiger partial charge in [0.05, 0.1) is 13.3 Å². The molecular weight excluding hydrogens is 199 g/mol. The highest BCUT2D eigenvalue weighted by atomic mass is 19.1. The first kappa shape index (κ1) is 11.0. The minimum absolute atomic E-state index is 0.173. The third-order valence-corrected chi connectivity index (χ3v) is 1.57. The Bertz CT molecular complexity index is 392. The number of nitrogens with two attached hydrogens (primary N) is 1. The number of nitrogens with zero attached hydrogens (tertiary/aromatic N) is 1. The Morgan fingerprint density at radius 3 is 2.93 bits per heavy atom. The van der Waals surface area contributed by atoms with Gasteiger partial charge in [-0.05, 0) is 23.8 Å². The van der Waals surface area contributed by atoms with E-state index in [1.807, 2.05) is 0 Å². The fourth-order valence-electron chi connectivity index (χ4n) is 0.939. The summed E-state index contributed by atoms with van der Waals surface area (Å²) >= 11 is 0. The van der Waals surface area contributed by atoms with Gasteiger partial charge in [0, 0.05) is 0 Å². The summed E-state index contributed by atoms with van der Waals surface area (Å²) in [6.45, 7) is 0. The first-order valence-electron chi connectivity index (χ1n) is 4.10. The van der Waals surface area contributed by atoms with E-state index in [-0.39, 0.29) is 11.7 Å². The third-order valence-electron chi connectivity index (χ3n) is 1.57. The molecule has 80 valence electrons. The number of hydrogen-bond donors (Lipinski definition) is 3. The molecule has 0 fully saturated rings. The normalized spacial score (nSPS) is 10.3. The SMILES string of the molecule is COc1ccc(C=NNC(=N)N)cc1F. The first-order chi connectivity index (χ1) is 7.13. The summed E-state index contributed by atoms with van der Waals surface area (Å²) in [6.07, 6.45) is 1.35. The molecule has 0 radical (unpaired) electrons. The third kappa shape index (κ3) is 3.26. The second-order valence-electron chi connectivity index (χ2n) is 2.68. The molecule has 0 amide bonds. The van der Waals surface area contributed by atoms with Gasteiger partial charge in [0.15, 0.2) is 11.6 Å². The molecule has 0 aliphatic carbocycles. The van der Waals surface area contributed by atoms with Crippen LogP contribution in [0.25, 0.3) is 0 Å². The average molecular weight is 210 g/mol. The standard InChI is InChI=1S/C9H11FN4O/c1-15-8-3-2-6(4-7(8)10)5-13-14-9(11)12/h2-5H,1H3,(H4,11,12,14). The van der Waals surface area contributed by atoms with Gasteiger partial charge in [-0.3, -0.25) is 5.41 Å². The van der Waals surface area contributed by atoms with Crippen molar-refractivity contribution in [1.82, 2.24) is 5.43 Å². The molecule has 0 bridgehead atoms.